The molecule has 1 aliphatic rings. The Bertz CT molecular complexity index is 997. The van der Waals surface area contributed by atoms with Gasteiger partial charge in [0.05, 0.1) is 35.3 Å². The molecule has 3 rings (SSSR count). The quantitative estimate of drug-likeness (QED) is 0.273. The predicted octanol–water partition coefficient (Wildman–Crippen LogP) is 5.68. The SMILES string of the molecule is COc1cc(C=C2SC(=S)N(C)C2=O)cc(Cl)c1OCCCOc1ccccc1Cl. The number of thiocarbonyl (C=S) groups is 1. The lowest BCUT2D eigenvalue weighted by atomic mass is 10.2. The third-order valence-corrected chi connectivity index (χ3v) is 6.24. The van der Waals surface area contributed by atoms with E-state index in [2.05, 4.69) is 0 Å². The zero-order valence-electron chi connectivity index (χ0n) is 16.3. The van der Waals surface area contributed by atoms with Gasteiger partial charge >= 0.3 is 0 Å². The number of ether oxygens (including phenoxy) is 3. The minimum absolute atomic E-state index is 0.140. The predicted molar refractivity (Wildman–Crippen MR) is 126 cm³/mol. The number of thioether (sulfide) groups is 1. The van der Waals surface area contributed by atoms with Crippen LogP contribution in [-0.2, 0) is 4.79 Å². The summed E-state index contributed by atoms with van der Waals surface area (Å²) in [4.78, 5) is 14.2. The van der Waals surface area contributed by atoms with Crippen molar-refractivity contribution in [1.29, 1.82) is 0 Å². The number of benzene rings is 2. The van der Waals surface area contributed by atoms with Crippen molar-refractivity contribution in [3.63, 3.8) is 0 Å². The summed E-state index contributed by atoms with van der Waals surface area (Å²) >= 11 is 18.9. The lowest BCUT2D eigenvalue weighted by Gasteiger charge is -2.14. The summed E-state index contributed by atoms with van der Waals surface area (Å²) in [6.07, 6.45) is 2.36. The molecule has 2 aromatic rings. The molecule has 0 aromatic heterocycles. The minimum atomic E-state index is -0.140. The molecule has 1 aliphatic heterocycles. The Labute approximate surface area is 194 Å². The molecule has 0 unspecified atom stereocenters. The first-order chi connectivity index (χ1) is 14.4. The van der Waals surface area contributed by atoms with Crippen LogP contribution in [0.1, 0.15) is 12.0 Å². The number of para-hydroxylation sites is 1. The third kappa shape index (κ3) is 5.40. The molecule has 0 saturated carbocycles. The topological polar surface area (TPSA) is 48.0 Å². The molecule has 0 atom stereocenters. The molecular formula is C21H19Cl2NO4S2. The molecule has 1 amide bonds. The molecule has 0 N–H and O–H groups in total. The van der Waals surface area contributed by atoms with Crippen molar-refractivity contribution >= 4 is 63.5 Å². The molecule has 0 spiro atoms. The number of carbonyl (C=O) groups is 1. The summed E-state index contributed by atoms with van der Waals surface area (Å²) < 4.78 is 17.4. The van der Waals surface area contributed by atoms with Crippen LogP contribution in [-0.4, -0.2) is 42.5 Å². The number of methoxy groups -OCH3 is 1. The van der Waals surface area contributed by atoms with Gasteiger partial charge in [-0.2, -0.15) is 0 Å². The normalized spacial score (nSPS) is 15.1. The highest BCUT2D eigenvalue weighted by Crippen LogP contribution is 2.38. The molecule has 1 saturated heterocycles. The van der Waals surface area contributed by atoms with Crippen LogP contribution in [0.3, 0.4) is 0 Å². The number of rotatable bonds is 8. The Balaban J connectivity index is 1.62. The fourth-order valence-electron chi connectivity index (χ4n) is 2.64. The second-order valence-electron chi connectivity index (χ2n) is 6.26. The zero-order valence-corrected chi connectivity index (χ0v) is 19.5. The molecule has 30 heavy (non-hydrogen) atoms. The number of nitrogens with zero attached hydrogens (tertiary/aromatic N) is 1. The average Bonchev–Trinajstić information content (AvgIpc) is 2.96. The minimum Gasteiger partial charge on any atom is -0.493 e. The van der Waals surface area contributed by atoms with Crippen LogP contribution in [0.2, 0.25) is 10.0 Å². The molecular weight excluding hydrogens is 465 g/mol. The summed E-state index contributed by atoms with van der Waals surface area (Å²) in [5, 5.41) is 0.957. The van der Waals surface area contributed by atoms with Gasteiger partial charge in [-0.1, -0.05) is 59.3 Å². The highest BCUT2D eigenvalue weighted by atomic mass is 35.5. The van der Waals surface area contributed by atoms with E-state index in [1.807, 2.05) is 18.2 Å². The third-order valence-electron chi connectivity index (χ3n) is 4.17. The van der Waals surface area contributed by atoms with Crippen molar-refractivity contribution in [2.24, 2.45) is 0 Å². The summed E-state index contributed by atoms with van der Waals surface area (Å²) in [5.41, 5.74) is 0.722. The van der Waals surface area contributed by atoms with Gasteiger partial charge in [0, 0.05) is 13.5 Å². The van der Waals surface area contributed by atoms with Crippen molar-refractivity contribution < 1.29 is 19.0 Å². The van der Waals surface area contributed by atoms with Gasteiger partial charge in [0.15, 0.2) is 11.5 Å². The van der Waals surface area contributed by atoms with Gasteiger partial charge in [0.25, 0.3) is 5.91 Å². The summed E-state index contributed by atoms with van der Waals surface area (Å²) in [6, 6.07) is 10.8. The number of halogens is 2. The second-order valence-corrected chi connectivity index (χ2v) is 8.75. The average molecular weight is 484 g/mol. The fourth-order valence-corrected chi connectivity index (χ4v) is 4.28. The van der Waals surface area contributed by atoms with Crippen molar-refractivity contribution in [2.75, 3.05) is 27.4 Å². The molecule has 1 fully saturated rings. The maximum Gasteiger partial charge on any atom is 0.265 e. The molecule has 5 nitrogen and oxygen atoms in total. The van der Waals surface area contributed by atoms with Gasteiger partial charge in [-0.3, -0.25) is 9.69 Å². The second kappa shape index (κ2) is 10.4. The van der Waals surface area contributed by atoms with Gasteiger partial charge in [0.1, 0.15) is 10.1 Å². The van der Waals surface area contributed by atoms with Crippen molar-refractivity contribution in [2.45, 2.75) is 6.42 Å². The number of amides is 1. The van der Waals surface area contributed by atoms with E-state index in [4.69, 9.17) is 49.6 Å². The lowest BCUT2D eigenvalue weighted by molar-refractivity contribution is -0.121. The number of hydrogen-bond acceptors (Lipinski definition) is 6. The summed E-state index contributed by atoms with van der Waals surface area (Å²) in [5.74, 6) is 1.42. The molecule has 1 heterocycles. The van der Waals surface area contributed by atoms with Crippen LogP contribution in [0.5, 0.6) is 17.2 Å². The van der Waals surface area contributed by atoms with Gasteiger partial charge in [-0.05, 0) is 35.9 Å². The van der Waals surface area contributed by atoms with Crippen LogP contribution < -0.4 is 14.2 Å². The van der Waals surface area contributed by atoms with E-state index in [1.54, 1.807) is 31.3 Å². The number of hydrogen-bond donors (Lipinski definition) is 0. The van der Waals surface area contributed by atoms with E-state index in [-0.39, 0.29) is 5.91 Å². The van der Waals surface area contributed by atoms with Crippen LogP contribution in [0.15, 0.2) is 41.3 Å². The fraction of sp³-hybridized carbons (Fsp3) is 0.238. The molecule has 0 bridgehead atoms. The van der Waals surface area contributed by atoms with E-state index in [0.717, 1.165) is 5.56 Å². The Morgan fingerprint density at radius 2 is 1.83 bits per heavy atom. The number of carbonyl (C=O) groups excluding carboxylic acids is 1. The molecule has 158 valence electrons. The number of likely N-dealkylation sites (N-methyl/N-ethyl adjacent to an activating group) is 1. The Hall–Kier alpha value is -1.93. The smallest absolute Gasteiger partial charge is 0.265 e. The highest BCUT2D eigenvalue weighted by Gasteiger charge is 2.28. The Morgan fingerprint density at radius 3 is 2.50 bits per heavy atom. The maximum absolute atomic E-state index is 12.2. The highest BCUT2D eigenvalue weighted by molar-refractivity contribution is 8.26. The van der Waals surface area contributed by atoms with Crippen molar-refractivity contribution in [3.05, 3.63) is 56.9 Å². The van der Waals surface area contributed by atoms with Crippen LogP contribution in [0.25, 0.3) is 6.08 Å². The first-order valence-corrected chi connectivity index (χ1v) is 11.0. The van der Waals surface area contributed by atoms with Crippen LogP contribution in [0.4, 0.5) is 0 Å². The monoisotopic (exact) mass is 483 g/mol. The van der Waals surface area contributed by atoms with Gasteiger partial charge < -0.3 is 14.2 Å². The van der Waals surface area contributed by atoms with Crippen molar-refractivity contribution in [3.8, 4) is 17.2 Å². The molecule has 0 radical (unpaired) electrons. The summed E-state index contributed by atoms with van der Waals surface area (Å²) in [7, 11) is 3.19. The van der Waals surface area contributed by atoms with E-state index in [9.17, 15) is 4.79 Å². The first kappa shape index (κ1) is 22.7. The zero-order chi connectivity index (χ0) is 21.7. The van der Waals surface area contributed by atoms with Crippen LogP contribution >= 0.6 is 47.2 Å². The van der Waals surface area contributed by atoms with E-state index >= 15 is 0 Å². The van der Waals surface area contributed by atoms with E-state index in [1.165, 1.54) is 23.8 Å². The van der Waals surface area contributed by atoms with Crippen LogP contribution in [0, 0.1) is 0 Å². The largest absolute Gasteiger partial charge is 0.493 e. The van der Waals surface area contributed by atoms with E-state index in [0.29, 0.717) is 56.2 Å². The first-order valence-electron chi connectivity index (χ1n) is 9.00. The van der Waals surface area contributed by atoms with Gasteiger partial charge in [0.2, 0.25) is 0 Å². The van der Waals surface area contributed by atoms with E-state index < -0.39 is 0 Å². The Morgan fingerprint density at radius 1 is 1.10 bits per heavy atom. The lowest BCUT2D eigenvalue weighted by Crippen LogP contribution is -2.22. The molecule has 0 aliphatic carbocycles. The van der Waals surface area contributed by atoms with Gasteiger partial charge in [-0.25, -0.2) is 0 Å². The Kier molecular flexibility index (Phi) is 7.88. The molecule has 2 aromatic carbocycles. The standard InChI is InChI=1S/C21H19Cl2NO4S2/c1-24-20(25)18(30-21(24)29)12-13-10-15(23)19(17(11-13)26-2)28-9-5-8-27-16-7-4-3-6-14(16)22/h3-4,6-7,10-12H,5,8-9H2,1-2H3. The molecule has 9 heteroatoms. The van der Waals surface area contributed by atoms with Crippen molar-refractivity contribution in [1.82, 2.24) is 4.90 Å². The van der Waals surface area contributed by atoms with Gasteiger partial charge in [-0.15, -0.1) is 0 Å². The maximum atomic E-state index is 12.2. The summed E-state index contributed by atoms with van der Waals surface area (Å²) in [6.45, 7) is 0.828.